The standard InChI is InChI=1S/C13H11BrClNO3S/c1-18-9-3-6(8(16)5-10(9)19-2)12(17)11-4-7(14)13(15)20-11/h3-5H,16H2,1-2H3. The zero-order valence-electron chi connectivity index (χ0n) is 10.7. The highest BCUT2D eigenvalue weighted by Crippen LogP contribution is 2.36. The molecule has 0 aliphatic rings. The maximum Gasteiger partial charge on any atom is 0.205 e. The predicted octanol–water partition coefficient (Wildman–Crippen LogP) is 3.99. The molecule has 0 aliphatic heterocycles. The molecule has 0 aliphatic carbocycles. The van der Waals surface area contributed by atoms with E-state index in [2.05, 4.69) is 15.9 Å². The van der Waals surface area contributed by atoms with Crippen LogP contribution in [0.4, 0.5) is 5.69 Å². The molecule has 0 saturated heterocycles. The van der Waals surface area contributed by atoms with Crippen molar-refractivity contribution in [3.8, 4) is 11.5 Å². The zero-order valence-corrected chi connectivity index (χ0v) is 13.9. The van der Waals surface area contributed by atoms with Crippen LogP contribution in [-0.4, -0.2) is 20.0 Å². The second-order valence-electron chi connectivity index (χ2n) is 3.86. The Hall–Kier alpha value is -1.24. The number of methoxy groups -OCH3 is 2. The topological polar surface area (TPSA) is 61.5 Å². The molecule has 1 aromatic carbocycles. The van der Waals surface area contributed by atoms with E-state index < -0.39 is 0 Å². The first-order chi connectivity index (χ1) is 9.47. The zero-order chi connectivity index (χ0) is 14.9. The molecule has 2 rings (SSSR count). The van der Waals surface area contributed by atoms with Gasteiger partial charge in [0.1, 0.15) is 4.34 Å². The minimum absolute atomic E-state index is 0.207. The summed E-state index contributed by atoms with van der Waals surface area (Å²) in [5.74, 6) is 0.722. The van der Waals surface area contributed by atoms with Crippen molar-refractivity contribution in [2.24, 2.45) is 0 Å². The summed E-state index contributed by atoms with van der Waals surface area (Å²) in [6.07, 6.45) is 0. The van der Waals surface area contributed by atoms with Gasteiger partial charge in [-0.1, -0.05) is 11.6 Å². The Bertz CT molecular complexity index is 652. The number of benzene rings is 1. The summed E-state index contributed by atoms with van der Waals surface area (Å²) in [7, 11) is 3.01. The van der Waals surface area contributed by atoms with Crippen LogP contribution in [0.15, 0.2) is 22.7 Å². The Kier molecular flexibility index (Phi) is 4.57. The number of anilines is 1. The third-order valence-corrected chi connectivity index (χ3v) is 5.14. The monoisotopic (exact) mass is 375 g/mol. The van der Waals surface area contributed by atoms with Crippen molar-refractivity contribution >= 4 is 50.3 Å². The van der Waals surface area contributed by atoms with E-state index in [-0.39, 0.29) is 5.78 Å². The van der Waals surface area contributed by atoms with E-state index in [1.54, 1.807) is 18.2 Å². The maximum atomic E-state index is 12.5. The summed E-state index contributed by atoms with van der Waals surface area (Å²) >= 11 is 10.4. The minimum atomic E-state index is -0.207. The summed E-state index contributed by atoms with van der Waals surface area (Å²) in [4.78, 5) is 13.0. The molecule has 1 heterocycles. The summed E-state index contributed by atoms with van der Waals surface area (Å²) in [6.45, 7) is 0. The number of thiophene rings is 1. The Morgan fingerprint density at radius 1 is 1.25 bits per heavy atom. The Morgan fingerprint density at radius 3 is 2.35 bits per heavy atom. The van der Waals surface area contributed by atoms with Gasteiger partial charge in [0.05, 0.1) is 24.7 Å². The second-order valence-corrected chi connectivity index (χ2v) is 6.36. The normalized spacial score (nSPS) is 10.4. The first-order valence-electron chi connectivity index (χ1n) is 5.49. The van der Waals surface area contributed by atoms with E-state index in [1.165, 1.54) is 25.6 Å². The van der Waals surface area contributed by atoms with E-state index in [9.17, 15) is 4.79 Å². The average molecular weight is 377 g/mol. The average Bonchev–Trinajstić information content (AvgIpc) is 2.77. The highest BCUT2D eigenvalue weighted by atomic mass is 79.9. The van der Waals surface area contributed by atoms with E-state index >= 15 is 0 Å². The molecule has 1 aromatic heterocycles. The number of carbonyl (C=O) groups is 1. The first-order valence-corrected chi connectivity index (χ1v) is 7.47. The van der Waals surface area contributed by atoms with Crippen LogP contribution in [0.5, 0.6) is 11.5 Å². The first kappa shape index (κ1) is 15.2. The minimum Gasteiger partial charge on any atom is -0.493 e. The number of halogens is 2. The van der Waals surface area contributed by atoms with Gasteiger partial charge in [-0.15, -0.1) is 11.3 Å². The van der Waals surface area contributed by atoms with E-state index in [1.807, 2.05) is 0 Å². The van der Waals surface area contributed by atoms with Gasteiger partial charge in [-0.25, -0.2) is 0 Å². The Morgan fingerprint density at radius 2 is 1.85 bits per heavy atom. The van der Waals surface area contributed by atoms with Gasteiger partial charge in [-0.2, -0.15) is 0 Å². The van der Waals surface area contributed by atoms with Gasteiger partial charge in [0.25, 0.3) is 0 Å². The number of ether oxygens (including phenoxy) is 2. The number of hydrogen-bond donors (Lipinski definition) is 1. The van der Waals surface area contributed by atoms with Crippen molar-refractivity contribution in [2.75, 3.05) is 20.0 Å². The molecule has 0 saturated carbocycles. The van der Waals surface area contributed by atoms with Gasteiger partial charge in [0, 0.05) is 16.2 Å². The van der Waals surface area contributed by atoms with Crippen molar-refractivity contribution in [1.82, 2.24) is 0 Å². The number of carbonyl (C=O) groups excluding carboxylic acids is 1. The Labute approximate surface area is 133 Å². The molecule has 2 aromatic rings. The molecule has 7 heteroatoms. The molecule has 106 valence electrons. The van der Waals surface area contributed by atoms with Crippen LogP contribution < -0.4 is 15.2 Å². The number of hydrogen-bond acceptors (Lipinski definition) is 5. The molecule has 20 heavy (non-hydrogen) atoms. The van der Waals surface area contributed by atoms with Crippen molar-refractivity contribution in [3.05, 3.63) is 37.4 Å². The summed E-state index contributed by atoms with van der Waals surface area (Å²) in [5, 5.41) is 0. The van der Waals surface area contributed by atoms with Gasteiger partial charge >= 0.3 is 0 Å². The fraction of sp³-hybridized carbons (Fsp3) is 0.154. The molecule has 0 fully saturated rings. The highest BCUT2D eigenvalue weighted by Gasteiger charge is 2.19. The van der Waals surface area contributed by atoms with Crippen molar-refractivity contribution in [1.29, 1.82) is 0 Å². The molecule has 2 N–H and O–H groups in total. The highest BCUT2D eigenvalue weighted by molar-refractivity contribution is 9.10. The quantitative estimate of drug-likeness (QED) is 0.647. The molecule has 0 unspecified atom stereocenters. The van der Waals surface area contributed by atoms with Crippen LogP contribution in [0.2, 0.25) is 4.34 Å². The number of nitrogen functional groups attached to an aromatic ring is 1. The van der Waals surface area contributed by atoms with Gasteiger partial charge in [-0.05, 0) is 28.1 Å². The number of ketones is 1. The van der Waals surface area contributed by atoms with E-state index in [4.69, 9.17) is 26.8 Å². The largest absolute Gasteiger partial charge is 0.493 e. The Balaban J connectivity index is 2.49. The third kappa shape index (κ3) is 2.77. The van der Waals surface area contributed by atoms with Gasteiger partial charge < -0.3 is 15.2 Å². The molecule has 0 amide bonds. The second kappa shape index (κ2) is 6.03. The molecule has 4 nitrogen and oxygen atoms in total. The summed E-state index contributed by atoms with van der Waals surface area (Å²) in [5.41, 5.74) is 6.59. The van der Waals surface area contributed by atoms with Crippen LogP contribution in [0.3, 0.4) is 0 Å². The van der Waals surface area contributed by atoms with E-state index in [0.717, 1.165) is 0 Å². The van der Waals surface area contributed by atoms with Crippen LogP contribution in [0.1, 0.15) is 15.2 Å². The lowest BCUT2D eigenvalue weighted by Gasteiger charge is -2.11. The SMILES string of the molecule is COc1cc(N)c(C(=O)c2cc(Br)c(Cl)s2)cc1OC. The lowest BCUT2D eigenvalue weighted by Crippen LogP contribution is -2.05. The molecular weight excluding hydrogens is 366 g/mol. The fourth-order valence-corrected chi connectivity index (χ4v) is 3.34. The van der Waals surface area contributed by atoms with E-state index in [0.29, 0.717) is 36.4 Å². The summed E-state index contributed by atoms with van der Waals surface area (Å²) < 4.78 is 11.5. The van der Waals surface area contributed by atoms with Crippen molar-refractivity contribution in [2.45, 2.75) is 0 Å². The maximum absolute atomic E-state index is 12.5. The lowest BCUT2D eigenvalue weighted by molar-refractivity contribution is 0.104. The third-order valence-electron chi connectivity index (χ3n) is 2.67. The van der Waals surface area contributed by atoms with Gasteiger partial charge in [0.15, 0.2) is 11.5 Å². The van der Waals surface area contributed by atoms with Crippen LogP contribution >= 0.6 is 38.9 Å². The summed E-state index contributed by atoms with van der Waals surface area (Å²) in [6, 6.07) is 4.81. The van der Waals surface area contributed by atoms with Crippen molar-refractivity contribution in [3.63, 3.8) is 0 Å². The molecular formula is C13H11BrClNO3S. The molecule has 0 spiro atoms. The van der Waals surface area contributed by atoms with Crippen molar-refractivity contribution < 1.29 is 14.3 Å². The lowest BCUT2D eigenvalue weighted by atomic mass is 10.1. The van der Waals surface area contributed by atoms with Crippen LogP contribution in [0.25, 0.3) is 0 Å². The molecule has 0 bridgehead atoms. The number of rotatable bonds is 4. The van der Waals surface area contributed by atoms with Crippen LogP contribution in [0, 0.1) is 0 Å². The van der Waals surface area contributed by atoms with Crippen LogP contribution in [-0.2, 0) is 0 Å². The fourth-order valence-electron chi connectivity index (χ4n) is 1.68. The molecule has 0 radical (unpaired) electrons. The smallest absolute Gasteiger partial charge is 0.205 e. The predicted molar refractivity (Wildman–Crippen MR) is 84.4 cm³/mol. The number of nitrogens with two attached hydrogens (primary N) is 1. The molecule has 0 atom stereocenters. The van der Waals surface area contributed by atoms with Gasteiger partial charge in [0.2, 0.25) is 5.78 Å². The van der Waals surface area contributed by atoms with Gasteiger partial charge in [-0.3, -0.25) is 4.79 Å².